The lowest BCUT2D eigenvalue weighted by atomic mass is 10.1. The quantitative estimate of drug-likeness (QED) is 0.524. The molecule has 0 aliphatic carbocycles. The number of rotatable bonds is 8. The van der Waals surface area contributed by atoms with Crippen LogP contribution in [0.5, 0.6) is 0 Å². The molecule has 2 unspecified atom stereocenters. The van der Waals surface area contributed by atoms with E-state index >= 15 is 0 Å². The Morgan fingerprint density at radius 1 is 1.21 bits per heavy atom. The molecule has 158 valence electrons. The molecule has 6 heteroatoms. The molecule has 1 fully saturated rings. The molecule has 0 spiro atoms. The van der Waals surface area contributed by atoms with Crippen LogP contribution in [-0.2, 0) is 0 Å². The Bertz CT molecular complexity index is 765. The number of hydrogen-bond acceptors (Lipinski definition) is 4. The normalized spacial score (nSPS) is 16.9. The first-order chi connectivity index (χ1) is 14.1. The van der Waals surface area contributed by atoms with Gasteiger partial charge in [0.15, 0.2) is 5.96 Å². The van der Waals surface area contributed by atoms with Crippen molar-refractivity contribution in [2.45, 2.75) is 38.8 Å². The number of nitrogens with one attached hydrogen (secondary N) is 2. The molecule has 3 rings (SSSR count). The van der Waals surface area contributed by atoms with Gasteiger partial charge in [0.1, 0.15) is 5.76 Å². The topological polar surface area (TPSA) is 56.0 Å². The first-order valence-electron chi connectivity index (χ1n) is 10.7. The molecular weight excluding hydrogens is 362 g/mol. The number of likely N-dealkylation sites (N-methyl/N-ethyl adjacent to an activating group) is 1. The van der Waals surface area contributed by atoms with Crippen LogP contribution in [0.25, 0.3) is 0 Å². The summed E-state index contributed by atoms with van der Waals surface area (Å²) in [6.07, 6.45) is 4.30. The first kappa shape index (κ1) is 21.2. The van der Waals surface area contributed by atoms with Gasteiger partial charge in [-0.2, -0.15) is 0 Å². The van der Waals surface area contributed by atoms with E-state index in [1.807, 2.05) is 12.1 Å². The molecule has 0 radical (unpaired) electrons. The van der Waals surface area contributed by atoms with Crippen molar-refractivity contribution in [3.05, 3.63) is 54.0 Å². The Balaban J connectivity index is 1.69. The first-order valence-corrected chi connectivity index (χ1v) is 10.7. The van der Waals surface area contributed by atoms with Gasteiger partial charge < -0.3 is 20.0 Å². The van der Waals surface area contributed by atoms with E-state index in [0.29, 0.717) is 6.54 Å². The summed E-state index contributed by atoms with van der Waals surface area (Å²) in [7, 11) is 4.10. The van der Waals surface area contributed by atoms with Crippen molar-refractivity contribution < 1.29 is 4.42 Å². The fourth-order valence-corrected chi connectivity index (χ4v) is 3.74. The van der Waals surface area contributed by atoms with E-state index in [0.717, 1.165) is 31.4 Å². The van der Waals surface area contributed by atoms with Crippen LogP contribution in [0.2, 0.25) is 0 Å². The van der Waals surface area contributed by atoms with Crippen molar-refractivity contribution in [2.75, 3.05) is 45.2 Å². The zero-order chi connectivity index (χ0) is 20.6. The van der Waals surface area contributed by atoms with Crippen LogP contribution in [0.4, 0.5) is 5.69 Å². The summed E-state index contributed by atoms with van der Waals surface area (Å²) in [5, 5.41) is 6.93. The minimum Gasteiger partial charge on any atom is -0.468 e. The molecule has 2 N–H and O–H groups in total. The predicted octanol–water partition coefficient (Wildman–Crippen LogP) is 3.80. The fourth-order valence-electron chi connectivity index (χ4n) is 3.74. The lowest BCUT2D eigenvalue weighted by molar-refractivity contribution is 0.265. The van der Waals surface area contributed by atoms with Gasteiger partial charge in [0, 0.05) is 25.3 Å². The van der Waals surface area contributed by atoms with Crippen LogP contribution in [-0.4, -0.2) is 51.1 Å². The lowest BCUT2D eigenvalue weighted by Crippen LogP contribution is -2.39. The number of guanidine groups is 1. The second kappa shape index (κ2) is 10.3. The summed E-state index contributed by atoms with van der Waals surface area (Å²) < 4.78 is 5.61. The van der Waals surface area contributed by atoms with Gasteiger partial charge in [0.2, 0.25) is 0 Å². The third kappa shape index (κ3) is 5.76. The highest BCUT2D eigenvalue weighted by Gasteiger charge is 2.18. The van der Waals surface area contributed by atoms with Crippen LogP contribution >= 0.6 is 0 Å². The molecule has 0 bridgehead atoms. The molecule has 29 heavy (non-hydrogen) atoms. The molecule has 2 aromatic rings. The van der Waals surface area contributed by atoms with Crippen molar-refractivity contribution in [3.8, 4) is 0 Å². The van der Waals surface area contributed by atoms with Gasteiger partial charge in [-0.05, 0) is 70.6 Å². The molecule has 0 saturated carbocycles. The summed E-state index contributed by atoms with van der Waals surface area (Å²) in [6, 6.07) is 13.1. The maximum atomic E-state index is 5.61. The SMILES string of the molecule is CCNC(=NCC(c1ccco1)N(C)C)NC(C)c1cccc(N2CCCC2)c1. The lowest BCUT2D eigenvalue weighted by Gasteiger charge is -2.23. The number of aliphatic imine (C=N–C) groups is 1. The highest BCUT2D eigenvalue weighted by Crippen LogP contribution is 2.24. The second-order valence-corrected chi connectivity index (χ2v) is 7.87. The monoisotopic (exact) mass is 397 g/mol. The number of furan rings is 1. The standard InChI is InChI=1S/C23H35N5O/c1-5-24-23(25-17-21(27(3)4)22-12-9-15-29-22)26-18(2)19-10-8-11-20(16-19)28-13-6-7-14-28/h8-12,15-16,18,21H,5-7,13-14,17H2,1-4H3,(H2,24,25,26). The molecular formula is C23H35N5O. The van der Waals surface area contributed by atoms with Crippen LogP contribution in [0, 0.1) is 0 Å². The van der Waals surface area contributed by atoms with Gasteiger partial charge in [-0.15, -0.1) is 0 Å². The Labute approximate surface area is 175 Å². The van der Waals surface area contributed by atoms with Gasteiger partial charge in [0.25, 0.3) is 0 Å². The maximum absolute atomic E-state index is 5.61. The second-order valence-electron chi connectivity index (χ2n) is 7.87. The van der Waals surface area contributed by atoms with E-state index in [1.54, 1.807) is 6.26 Å². The van der Waals surface area contributed by atoms with Crippen molar-refractivity contribution >= 4 is 11.6 Å². The highest BCUT2D eigenvalue weighted by atomic mass is 16.3. The van der Waals surface area contributed by atoms with Gasteiger partial charge >= 0.3 is 0 Å². The van der Waals surface area contributed by atoms with Gasteiger partial charge in [-0.1, -0.05) is 12.1 Å². The number of benzene rings is 1. The van der Waals surface area contributed by atoms with Gasteiger partial charge in [-0.3, -0.25) is 9.89 Å². The van der Waals surface area contributed by atoms with E-state index in [2.05, 4.69) is 72.6 Å². The number of hydrogen-bond donors (Lipinski definition) is 2. The molecule has 2 heterocycles. The maximum Gasteiger partial charge on any atom is 0.191 e. The smallest absolute Gasteiger partial charge is 0.191 e. The zero-order valence-electron chi connectivity index (χ0n) is 18.2. The van der Waals surface area contributed by atoms with E-state index < -0.39 is 0 Å². The van der Waals surface area contributed by atoms with Crippen molar-refractivity contribution in [1.82, 2.24) is 15.5 Å². The van der Waals surface area contributed by atoms with E-state index in [-0.39, 0.29) is 12.1 Å². The average molecular weight is 398 g/mol. The Hall–Kier alpha value is -2.47. The highest BCUT2D eigenvalue weighted by molar-refractivity contribution is 5.80. The molecule has 0 amide bonds. The minimum atomic E-state index is 0.106. The summed E-state index contributed by atoms with van der Waals surface area (Å²) in [6.45, 7) is 8.04. The zero-order valence-corrected chi connectivity index (χ0v) is 18.2. The van der Waals surface area contributed by atoms with Crippen LogP contribution in [0.3, 0.4) is 0 Å². The number of anilines is 1. The fraction of sp³-hybridized carbons (Fsp3) is 0.522. The summed E-state index contributed by atoms with van der Waals surface area (Å²) in [5.41, 5.74) is 2.59. The third-order valence-corrected chi connectivity index (χ3v) is 5.46. The Morgan fingerprint density at radius 2 is 2.00 bits per heavy atom. The molecule has 2 atom stereocenters. The largest absolute Gasteiger partial charge is 0.468 e. The molecule has 1 saturated heterocycles. The predicted molar refractivity (Wildman–Crippen MR) is 121 cm³/mol. The van der Waals surface area contributed by atoms with E-state index in [9.17, 15) is 0 Å². The third-order valence-electron chi connectivity index (χ3n) is 5.46. The molecule has 1 aliphatic heterocycles. The number of nitrogens with zero attached hydrogens (tertiary/aromatic N) is 3. The molecule has 1 aromatic heterocycles. The summed E-state index contributed by atoms with van der Waals surface area (Å²) >= 11 is 0. The Morgan fingerprint density at radius 3 is 2.66 bits per heavy atom. The summed E-state index contributed by atoms with van der Waals surface area (Å²) in [5.74, 6) is 1.76. The summed E-state index contributed by atoms with van der Waals surface area (Å²) in [4.78, 5) is 9.45. The van der Waals surface area contributed by atoms with Crippen molar-refractivity contribution in [3.63, 3.8) is 0 Å². The molecule has 6 nitrogen and oxygen atoms in total. The van der Waals surface area contributed by atoms with E-state index in [4.69, 9.17) is 9.41 Å². The Kier molecular flexibility index (Phi) is 7.58. The van der Waals surface area contributed by atoms with Crippen LogP contribution < -0.4 is 15.5 Å². The van der Waals surface area contributed by atoms with E-state index in [1.165, 1.54) is 24.1 Å². The average Bonchev–Trinajstić information content (AvgIpc) is 3.42. The van der Waals surface area contributed by atoms with Gasteiger partial charge in [0.05, 0.1) is 24.9 Å². The van der Waals surface area contributed by atoms with Crippen LogP contribution in [0.1, 0.15) is 50.1 Å². The van der Waals surface area contributed by atoms with Crippen molar-refractivity contribution in [2.24, 2.45) is 4.99 Å². The minimum absolute atomic E-state index is 0.106. The molecule has 1 aliphatic rings. The van der Waals surface area contributed by atoms with Crippen LogP contribution in [0.15, 0.2) is 52.1 Å². The van der Waals surface area contributed by atoms with Gasteiger partial charge in [-0.25, -0.2) is 0 Å². The molecule has 1 aromatic carbocycles. The van der Waals surface area contributed by atoms with Crippen molar-refractivity contribution in [1.29, 1.82) is 0 Å².